The highest BCUT2D eigenvalue weighted by Crippen LogP contribution is 2.61. The van der Waals surface area contributed by atoms with Gasteiger partial charge in [0.25, 0.3) is 0 Å². The van der Waals surface area contributed by atoms with Gasteiger partial charge >= 0.3 is 7.60 Å². The molecule has 7 unspecified atom stereocenters. The van der Waals surface area contributed by atoms with Gasteiger partial charge < -0.3 is 30.7 Å². The highest BCUT2D eigenvalue weighted by Gasteiger charge is 2.60. The SMILES string of the molecule is CCC(C)(O)P(=O)(O)OC(C)(C)C1c2nc3c(N)ncnc3n2C2OC1C(O)C2O. The maximum Gasteiger partial charge on any atom is 0.359 e. The number of hydrogen-bond donors (Lipinski definition) is 5. The Labute approximate surface area is 172 Å². The van der Waals surface area contributed by atoms with E-state index < -0.39 is 49.0 Å². The lowest BCUT2D eigenvalue weighted by Gasteiger charge is -2.42. The summed E-state index contributed by atoms with van der Waals surface area (Å²) < 4.78 is 25.9. The van der Waals surface area contributed by atoms with Gasteiger partial charge in [-0.05, 0) is 27.2 Å². The molecular formula is C17H26N5O7P. The summed E-state index contributed by atoms with van der Waals surface area (Å²) in [5.41, 5.74) is 5.05. The molecule has 2 aliphatic heterocycles. The fraction of sp³-hybridized carbons (Fsp3) is 0.706. The third-order valence-corrected chi connectivity index (χ3v) is 8.31. The minimum atomic E-state index is -4.53. The largest absolute Gasteiger partial charge is 0.387 e. The van der Waals surface area contributed by atoms with Gasteiger partial charge in [-0.2, -0.15) is 0 Å². The van der Waals surface area contributed by atoms with Crippen LogP contribution in [0.2, 0.25) is 0 Å². The summed E-state index contributed by atoms with van der Waals surface area (Å²) in [5, 5.41) is 29.6. The van der Waals surface area contributed by atoms with Gasteiger partial charge in [0.2, 0.25) is 0 Å². The first-order valence-electron chi connectivity index (χ1n) is 9.58. The first-order chi connectivity index (χ1) is 13.8. The van der Waals surface area contributed by atoms with E-state index in [1.807, 2.05) is 0 Å². The van der Waals surface area contributed by atoms with Crippen molar-refractivity contribution in [3.05, 3.63) is 12.2 Å². The Bertz CT molecular complexity index is 1040. The number of nitrogen functional groups attached to an aromatic ring is 1. The van der Waals surface area contributed by atoms with E-state index in [0.29, 0.717) is 11.5 Å². The zero-order valence-electron chi connectivity index (χ0n) is 17.0. The van der Waals surface area contributed by atoms with Gasteiger partial charge in [-0.25, -0.2) is 15.0 Å². The third-order valence-electron chi connectivity index (χ3n) is 6.06. The van der Waals surface area contributed by atoms with Crippen LogP contribution in [0.3, 0.4) is 0 Å². The molecule has 0 aliphatic carbocycles. The van der Waals surface area contributed by atoms with Crippen molar-refractivity contribution >= 4 is 24.6 Å². The molecule has 4 rings (SSSR count). The lowest BCUT2D eigenvalue weighted by atomic mass is 9.83. The third kappa shape index (κ3) is 2.90. The molecule has 7 atom stereocenters. The van der Waals surface area contributed by atoms with Crippen molar-refractivity contribution < 1.29 is 34.0 Å². The van der Waals surface area contributed by atoms with E-state index in [1.54, 1.807) is 6.92 Å². The molecule has 12 nitrogen and oxygen atoms in total. The Morgan fingerprint density at radius 2 is 1.97 bits per heavy atom. The van der Waals surface area contributed by atoms with Gasteiger partial charge in [-0.1, -0.05) is 6.92 Å². The van der Waals surface area contributed by atoms with Crippen molar-refractivity contribution in [1.82, 2.24) is 19.5 Å². The molecule has 0 aromatic carbocycles. The number of anilines is 1. The Morgan fingerprint density at radius 1 is 1.30 bits per heavy atom. The summed E-state index contributed by atoms with van der Waals surface area (Å²) in [6, 6.07) is 0. The van der Waals surface area contributed by atoms with Gasteiger partial charge in [0.05, 0.1) is 11.5 Å². The zero-order chi connectivity index (χ0) is 22.2. The Balaban J connectivity index is 1.87. The Morgan fingerprint density at radius 3 is 2.60 bits per heavy atom. The molecule has 1 saturated heterocycles. The van der Waals surface area contributed by atoms with Gasteiger partial charge in [-0.15, -0.1) is 0 Å². The summed E-state index contributed by atoms with van der Waals surface area (Å²) >= 11 is 0. The minimum Gasteiger partial charge on any atom is -0.387 e. The normalized spacial score (nSPS) is 32.6. The van der Waals surface area contributed by atoms with Crippen LogP contribution in [0, 0.1) is 0 Å². The quantitative estimate of drug-likeness (QED) is 0.398. The maximum atomic E-state index is 12.9. The highest BCUT2D eigenvalue weighted by atomic mass is 31.2. The first kappa shape index (κ1) is 21.6. The molecular weight excluding hydrogens is 417 g/mol. The second-order valence-electron chi connectivity index (χ2n) is 8.51. The molecule has 30 heavy (non-hydrogen) atoms. The average molecular weight is 443 g/mol. The molecule has 0 amide bonds. The van der Waals surface area contributed by atoms with Gasteiger partial charge in [0, 0.05) is 0 Å². The molecule has 2 bridgehead atoms. The number of aliphatic hydroxyl groups excluding tert-OH is 2. The van der Waals surface area contributed by atoms with Gasteiger partial charge in [0.1, 0.15) is 30.5 Å². The van der Waals surface area contributed by atoms with Crippen molar-refractivity contribution in [3.63, 3.8) is 0 Å². The summed E-state index contributed by atoms with van der Waals surface area (Å²) in [4.78, 5) is 23.1. The van der Waals surface area contributed by atoms with Crippen molar-refractivity contribution in [3.8, 4) is 0 Å². The number of hydrogen-bond acceptors (Lipinski definition) is 10. The highest BCUT2D eigenvalue weighted by molar-refractivity contribution is 7.54. The van der Waals surface area contributed by atoms with E-state index in [2.05, 4.69) is 15.0 Å². The fourth-order valence-corrected chi connectivity index (χ4v) is 5.46. The van der Waals surface area contributed by atoms with Crippen LogP contribution < -0.4 is 5.73 Å². The molecule has 1 fully saturated rings. The van der Waals surface area contributed by atoms with Crippen LogP contribution in [0.1, 0.15) is 52.1 Å². The summed E-state index contributed by atoms with van der Waals surface area (Å²) in [6.45, 7) is 5.85. The fourth-order valence-electron chi connectivity index (χ4n) is 4.11. The molecule has 0 spiro atoms. The van der Waals surface area contributed by atoms with Gasteiger partial charge in [0.15, 0.2) is 28.6 Å². The lowest BCUT2D eigenvalue weighted by molar-refractivity contribution is -0.104. The van der Waals surface area contributed by atoms with Crippen molar-refractivity contribution in [2.45, 2.75) is 75.5 Å². The maximum absolute atomic E-state index is 12.9. The predicted molar refractivity (Wildman–Crippen MR) is 104 cm³/mol. The van der Waals surface area contributed by atoms with Gasteiger partial charge in [-0.3, -0.25) is 13.7 Å². The molecule has 2 aliphatic rings. The summed E-state index contributed by atoms with van der Waals surface area (Å²) in [7, 11) is -4.53. The van der Waals surface area contributed by atoms with E-state index in [0.717, 1.165) is 0 Å². The van der Waals surface area contributed by atoms with Crippen LogP contribution in [0.25, 0.3) is 11.2 Å². The van der Waals surface area contributed by atoms with E-state index >= 15 is 0 Å². The number of fused-ring (bicyclic) bond motifs is 6. The minimum absolute atomic E-state index is 0.0184. The van der Waals surface area contributed by atoms with Crippen molar-refractivity contribution in [2.24, 2.45) is 0 Å². The summed E-state index contributed by atoms with van der Waals surface area (Å²) in [5.74, 6) is -0.468. The number of rotatable bonds is 5. The van der Waals surface area contributed by atoms with Crippen LogP contribution in [0.4, 0.5) is 5.82 Å². The number of ether oxygens (including phenoxy) is 1. The number of aromatic nitrogens is 4. The number of nitrogens with zero attached hydrogens (tertiary/aromatic N) is 4. The summed E-state index contributed by atoms with van der Waals surface area (Å²) in [6.07, 6.45) is -3.31. The molecule has 2 aromatic heterocycles. The number of nitrogens with two attached hydrogens (primary N) is 1. The average Bonchev–Trinajstić information content (AvgIpc) is 3.14. The second-order valence-corrected chi connectivity index (χ2v) is 10.7. The Kier molecular flexibility index (Phi) is 4.79. The van der Waals surface area contributed by atoms with E-state index in [9.17, 15) is 24.8 Å². The smallest absolute Gasteiger partial charge is 0.359 e. The van der Waals surface area contributed by atoms with E-state index in [-0.39, 0.29) is 17.8 Å². The molecule has 0 radical (unpaired) electrons. The van der Waals surface area contributed by atoms with Crippen LogP contribution in [-0.4, -0.2) is 69.0 Å². The molecule has 166 valence electrons. The Hall–Kier alpha value is -1.66. The monoisotopic (exact) mass is 443 g/mol. The molecule has 2 aromatic rings. The number of aliphatic hydroxyl groups is 3. The van der Waals surface area contributed by atoms with Crippen molar-refractivity contribution in [1.29, 1.82) is 0 Å². The van der Waals surface area contributed by atoms with E-state index in [4.69, 9.17) is 15.0 Å². The van der Waals surface area contributed by atoms with Crippen molar-refractivity contribution in [2.75, 3.05) is 5.73 Å². The second kappa shape index (κ2) is 6.67. The van der Waals surface area contributed by atoms with E-state index in [1.165, 1.54) is 31.7 Å². The zero-order valence-corrected chi connectivity index (χ0v) is 17.9. The van der Waals surface area contributed by atoms with Crippen LogP contribution in [-0.2, 0) is 13.8 Å². The topological polar surface area (TPSA) is 186 Å². The molecule has 13 heteroatoms. The molecule has 0 saturated carbocycles. The van der Waals surface area contributed by atoms with Crippen LogP contribution >= 0.6 is 7.60 Å². The molecule has 6 N–H and O–H groups in total. The first-order valence-corrected chi connectivity index (χ1v) is 11.2. The van der Waals surface area contributed by atoms with Crippen LogP contribution in [0.15, 0.2) is 6.33 Å². The standard InChI is InChI=1S/C17H26N5O7P/c1-5-17(4,25)30(26,27)29-16(2,3)7-11-9(23)10(24)15(28-11)22-13(7)21-8-12(18)19-6-20-14(8)22/h6-7,9-11,15,23-25H,5H2,1-4H3,(H,26,27)(H2,18,19,20). The number of imidazole rings is 1. The van der Waals surface area contributed by atoms with Crippen LogP contribution in [0.5, 0.6) is 0 Å². The molecule has 4 heterocycles. The lowest BCUT2D eigenvalue weighted by Crippen LogP contribution is -2.47. The predicted octanol–water partition coefficient (Wildman–Crippen LogP) is 0.224.